The largest absolute Gasteiger partial charge is 0.320 e. The zero-order valence-corrected chi connectivity index (χ0v) is 15.8. The van der Waals surface area contributed by atoms with Crippen LogP contribution in [0.3, 0.4) is 0 Å². The van der Waals surface area contributed by atoms with Crippen LogP contribution in [0.1, 0.15) is 42.9 Å². The molecule has 0 radical (unpaired) electrons. The highest BCUT2D eigenvalue weighted by Crippen LogP contribution is 2.44. The lowest BCUT2D eigenvalue weighted by Gasteiger charge is -2.40. The fourth-order valence-corrected chi connectivity index (χ4v) is 3.29. The highest BCUT2D eigenvalue weighted by molar-refractivity contribution is 5.95. The van der Waals surface area contributed by atoms with Gasteiger partial charge in [-0.25, -0.2) is 26.7 Å². The molecule has 2 amide bonds. The molecule has 1 aromatic carbocycles. The molecule has 0 spiro atoms. The number of alkyl halides is 4. The lowest BCUT2D eigenvalue weighted by atomic mass is 9.81. The summed E-state index contributed by atoms with van der Waals surface area (Å²) in [7, 11) is 0. The van der Waals surface area contributed by atoms with Gasteiger partial charge in [0.25, 0.3) is 12.3 Å². The van der Waals surface area contributed by atoms with Gasteiger partial charge in [-0.3, -0.25) is 4.68 Å². The monoisotopic (exact) mass is 424 g/mol. The summed E-state index contributed by atoms with van der Waals surface area (Å²) in [5.41, 5.74) is -2.95. The summed E-state index contributed by atoms with van der Waals surface area (Å²) in [6.07, 6.45) is 0.873. The van der Waals surface area contributed by atoms with Crippen LogP contribution in [-0.2, 0) is 12.1 Å². The van der Waals surface area contributed by atoms with Crippen molar-refractivity contribution in [2.75, 3.05) is 5.32 Å². The topological polar surface area (TPSA) is 59.0 Å². The van der Waals surface area contributed by atoms with Gasteiger partial charge in [0.2, 0.25) is 0 Å². The standard InChI is InChI=1S/C20H17F5N4O/c1-19(24,25)20(5-4-11-2-3-11)14-7-15(21)12(6-16(14)27-18(30)28-20)9-29-10-13(8-26-29)17(22)23/h6-8,10-11,17H,2-3,9H2,1H3,(H2,27,28,30)/t20-/m0/s1. The predicted molar refractivity (Wildman–Crippen MR) is 97.6 cm³/mol. The maximum Gasteiger partial charge on any atom is 0.320 e. The van der Waals surface area contributed by atoms with Crippen LogP contribution >= 0.6 is 0 Å². The second-order valence-corrected chi connectivity index (χ2v) is 7.52. The van der Waals surface area contributed by atoms with Crippen molar-refractivity contribution < 1.29 is 26.7 Å². The minimum Gasteiger partial charge on any atom is -0.312 e. The van der Waals surface area contributed by atoms with Crippen molar-refractivity contribution in [1.82, 2.24) is 15.1 Å². The maximum atomic E-state index is 14.8. The number of anilines is 1. The predicted octanol–water partition coefficient (Wildman–Crippen LogP) is 4.41. The third-order valence-electron chi connectivity index (χ3n) is 5.08. The molecule has 2 heterocycles. The van der Waals surface area contributed by atoms with Gasteiger partial charge in [-0.15, -0.1) is 0 Å². The van der Waals surface area contributed by atoms with Gasteiger partial charge >= 0.3 is 6.03 Å². The van der Waals surface area contributed by atoms with Gasteiger partial charge in [0.05, 0.1) is 18.3 Å². The molecule has 1 fully saturated rings. The smallest absolute Gasteiger partial charge is 0.312 e. The summed E-state index contributed by atoms with van der Waals surface area (Å²) in [5.74, 6) is 0.862. The van der Waals surface area contributed by atoms with Gasteiger partial charge in [0.1, 0.15) is 5.82 Å². The SMILES string of the molecule is CC(F)(F)[C@@]1(C#CC2CC2)NC(=O)Nc2cc(Cn3cc(C(F)F)cn3)c(F)cc21. The fourth-order valence-electron chi connectivity index (χ4n) is 3.29. The van der Waals surface area contributed by atoms with Crippen molar-refractivity contribution in [2.24, 2.45) is 5.92 Å². The Labute approximate surface area is 168 Å². The Bertz CT molecular complexity index is 1060. The maximum absolute atomic E-state index is 14.8. The number of benzene rings is 1. The van der Waals surface area contributed by atoms with Crippen molar-refractivity contribution in [3.05, 3.63) is 47.0 Å². The zero-order chi connectivity index (χ0) is 21.7. The summed E-state index contributed by atoms with van der Waals surface area (Å²) < 4.78 is 70.8. The van der Waals surface area contributed by atoms with Crippen LogP contribution in [0.2, 0.25) is 0 Å². The van der Waals surface area contributed by atoms with E-state index in [1.807, 2.05) is 0 Å². The first-order chi connectivity index (χ1) is 14.1. The quantitative estimate of drug-likeness (QED) is 0.565. The number of hydrogen-bond donors (Lipinski definition) is 2. The number of aromatic nitrogens is 2. The Morgan fingerprint density at radius 3 is 2.70 bits per heavy atom. The fraction of sp³-hybridized carbons (Fsp3) is 0.400. The molecular formula is C20H17F5N4O. The Hall–Kier alpha value is -3.09. The van der Waals surface area contributed by atoms with Gasteiger partial charge in [-0.1, -0.05) is 11.8 Å². The molecule has 1 aliphatic heterocycles. The molecule has 2 N–H and O–H groups in total. The van der Waals surface area contributed by atoms with E-state index in [2.05, 4.69) is 27.6 Å². The molecule has 1 atom stereocenters. The van der Waals surface area contributed by atoms with Gasteiger partial charge in [0.15, 0.2) is 5.54 Å². The van der Waals surface area contributed by atoms with Crippen LogP contribution in [0.25, 0.3) is 0 Å². The first-order valence-corrected chi connectivity index (χ1v) is 9.22. The van der Waals surface area contributed by atoms with Crippen molar-refractivity contribution in [3.63, 3.8) is 0 Å². The second-order valence-electron chi connectivity index (χ2n) is 7.52. The van der Waals surface area contributed by atoms with Crippen LogP contribution < -0.4 is 10.6 Å². The van der Waals surface area contributed by atoms with E-state index in [4.69, 9.17) is 0 Å². The summed E-state index contributed by atoms with van der Waals surface area (Å²) >= 11 is 0. The zero-order valence-electron chi connectivity index (χ0n) is 15.8. The molecule has 2 aromatic rings. The molecule has 2 aliphatic rings. The van der Waals surface area contributed by atoms with Crippen molar-refractivity contribution >= 4 is 11.7 Å². The van der Waals surface area contributed by atoms with E-state index in [0.717, 1.165) is 36.0 Å². The molecule has 1 aliphatic carbocycles. The molecule has 4 rings (SSSR count). The number of amides is 2. The number of urea groups is 1. The van der Waals surface area contributed by atoms with Crippen LogP contribution in [0.4, 0.5) is 32.4 Å². The normalized spacial score (nSPS) is 20.8. The number of fused-ring (bicyclic) bond motifs is 1. The summed E-state index contributed by atoms with van der Waals surface area (Å²) in [4.78, 5) is 12.2. The summed E-state index contributed by atoms with van der Waals surface area (Å²) in [5, 5.41) is 8.33. The Morgan fingerprint density at radius 1 is 1.37 bits per heavy atom. The molecule has 0 unspecified atom stereocenters. The van der Waals surface area contributed by atoms with E-state index in [1.165, 1.54) is 6.07 Å². The van der Waals surface area contributed by atoms with E-state index in [9.17, 15) is 26.7 Å². The molecule has 1 saturated carbocycles. The number of halogens is 5. The Morgan fingerprint density at radius 2 is 2.10 bits per heavy atom. The number of rotatable bonds is 4. The highest BCUT2D eigenvalue weighted by atomic mass is 19.3. The molecule has 0 bridgehead atoms. The lowest BCUT2D eigenvalue weighted by molar-refractivity contribution is -0.0465. The molecule has 10 heteroatoms. The van der Waals surface area contributed by atoms with Crippen LogP contribution in [0, 0.1) is 23.6 Å². The van der Waals surface area contributed by atoms with Crippen LogP contribution in [0.15, 0.2) is 24.5 Å². The van der Waals surface area contributed by atoms with Gasteiger partial charge in [0, 0.05) is 35.9 Å². The molecule has 30 heavy (non-hydrogen) atoms. The molecule has 5 nitrogen and oxygen atoms in total. The third kappa shape index (κ3) is 3.60. The average Bonchev–Trinajstić information content (AvgIpc) is 3.36. The highest BCUT2D eigenvalue weighted by Gasteiger charge is 2.55. The van der Waals surface area contributed by atoms with E-state index < -0.39 is 29.7 Å². The van der Waals surface area contributed by atoms with Gasteiger partial charge in [-0.2, -0.15) is 5.10 Å². The third-order valence-corrected chi connectivity index (χ3v) is 5.08. The molecular weight excluding hydrogens is 407 g/mol. The van der Waals surface area contributed by atoms with Crippen molar-refractivity contribution in [2.45, 2.75) is 44.2 Å². The van der Waals surface area contributed by atoms with E-state index >= 15 is 0 Å². The molecule has 0 saturated heterocycles. The van der Waals surface area contributed by atoms with Crippen molar-refractivity contribution in [3.8, 4) is 11.8 Å². The molecule has 1 aromatic heterocycles. The minimum atomic E-state index is -3.51. The number of hydrogen-bond acceptors (Lipinski definition) is 2. The second kappa shape index (κ2) is 7.00. The van der Waals surface area contributed by atoms with Crippen molar-refractivity contribution in [1.29, 1.82) is 0 Å². The van der Waals surface area contributed by atoms with E-state index in [-0.39, 0.29) is 34.8 Å². The van der Waals surface area contributed by atoms with Crippen LogP contribution in [-0.4, -0.2) is 21.7 Å². The van der Waals surface area contributed by atoms with Gasteiger partial charge < -0.3 is 10.6 Å². The number of nitrogens with one attached hydrogen (secondary N) is 2. The summed E-state index contributed by atoms with van der Waals surface area (Å²) in [6.45, 7) is 0.393. The van der Waals surface area contributed by atoms with E-state index in [1.54, 1.807) is 0 Å². The minimum absolute atomic E-state index is 0.0108. The average molecular weight is 424 g/mol. The van der Waals surface area contributed by atoms with Gasteiger partial charge in [-0.05, 0) is 25.0 Å². The lowest BCUT2D eigenvalue weighted by Crippen LogP contribution is -2.59. The Kier molecular flexibility index (Phi) is 4.71. The Balaban J connectivity index is 1.77. The number of carbonyl (C=O) groups is 1. The first-order valence-electron chi connectivity index (χ1n) is 9.22. The van der Waals surface area contributed by atoms with Crippen LogP contribution in [0.5, 0.6) is 0 Å². The number of nitrogens with zero attached hydrogens (tertiary/aromatic N) is 2. The summed E-state index contributed by atoms with van der Waals surface area (Å²) in [6, 6.07) is 1.20. The van der Waals surface area contributed by atoms with E-state index in [0.29, 0.717) is 6.92 Å². The molecule has 158 valence electrons. The first kappa shape index (κ1) is 20.2. The number of carbonyl (C=O) groups excluding carboxylic acids is 1.